The molecule has 0 fully saturated rings. The molecular formula is C14H15NO3. The van der Waals surface area contributed by atoms with Crippen molar-refractivity contribution < 1.29 is 13.9 Å². The summed E-state index contributed by atoms with van der Waals surface area (Å²) in [7, 11) is 1.63. The molecule has 0 N–H and O–H groups in total. The Kier molecular flexibility index (Phi) is 3.77. The van der Waals surface area contributed by atoms with Crippen molar-refractivity contribution in [1.82, 2.24) is 4.98 Å². The van der Waals surface area contributed by atoms with Gasteiger partial charge in [-0.2, -0.15) is 0 Å². The van der Waals surface area contributed by atoms with Crippen LogP contribution in [0.15, 0.2) is 34.9 Å². The van der Waals surface area contributed by atoms with E-state index in [2.05, 4.69) is 4.98 Å². The van der Waals surface area contributed by atoms with Gasteiger partial charge in [0.05, 0.1) is 19.7 Å². The van der Waals surface area contributed by atoms with Crippen molar-refractivity contribution in [2.24, 2.45) is 0 Å². The number of hydrogen-bond acceptors (Lipinski definition) is 4. The summed E-state index contributed by atoms with van der Waals surface area (Å²) in [6.45, 7) is 1.53. The van der Waals surface area contributed by atoms with E-state index in [0.29, 0.717) is 24.5 Å². The third kappa shape index (κ3) is 3.20. The highest BCUT2D eigenvalue weighted by Gasteiger charge is 2.07. The maximum atomic E-state index is 11.0. The van der Waals surface area contributed by atoms with Gasteiger partial charge in [-0.25, -0.2) is 4.98 Å². The van der Waals surface area contributed by atoms with Gasteiger partial charge in [0, 0.05) is 6.42 Å². The van der Waals surface area contributed by atoms with E-state index in [4.69, 9.17) is 9.15 Å². The highest BCUT2D eigenvalue weighted by molar-refractivity contribution is 5.77. The van der Waals surface area contributed by atoms with Gasteiger partial charge in [0.15, 0.2) is 5.89 Å². The summed E-state index contributed by atoms with van der Waals surface area (Å²) in [6.07, 6.45) is 2.50. The highest BCUT2D eigenvalue weighted by Crippen LogP contribution is 2.16. The van der Waals surface area contributed by atoms with Crippen LogP contribution >= 0.6 is 0 Å². The maximum Gasteiger partial charge on any atom is 0.198 e. The zero-order valence-corrected chi connectivity index (χ0v) is 10.5. The molecule has 4 heteroatoms. The van der Waals surface area contributed by atoms with Crippen molar-refractivity contribution >= 4 is 5.78 Å². The van der Waals surface area contributed by atoms with Crippen molar-refractivity contribution in [1.29, 1.82) is 0 Å². The second-order valence-electron chi connectivity index (χ2n) is 4.13. The monoisotopic (exact) mass is 245 g/mol. The van der Waals surface area contributed by atoms with Gasteiger partial charge in [-0.15, -0.1) is 0 Å². The molecule has 0 radical (unpaired) electrons. The van der Waals surface area contributed by atoms with Gasteiger partial charge in [0.1, 0.15) is 17.3 Å². The number of nitrogens with zero attached hydrogens (tertiary/aromatic N) is 1. The highest BCUT2D eigenvalue weighted by atomic mass is 16.5. The lowest BCUT2D eigenvalue weighted by atomic mass is 10.1. The third-order valence-electron chi connectivity index (χ3n) is 2.51. The van der Waals surface area contributed by atoms with E-state index >= 15 is 0 Å². The predicted octanol–water partition coefficient (Wildman–Crippen LogP) is 2.41. The van der Waals surface area contributed by atoms with E-state index in [1.807, 2.05) is 24.3 Å². The van der Waals surface area contributed by atoms with Crippen molar-refractivity contribution in [3.05, 3.63) is 47.7 Å². The van der Waals surface area contributed by atoms with Crippen LogP contribution in [0.4, 0.5) is 0 Å². The Bertz CT molecular complexity index is 545. The molecule has 94 valence electrons. The normalized spacial score (nSPS) is 10.3. The van der Waals surface area contributed by atoms with Crippen LogP contribution < -0.4 is 4.74 Å². The Balaban J connectivity index is 2.08. The molecule has 0 spiro atoms. The molecule has 0 saturated carbocycles. The van der Waals surface area contributed by atoms with Gasteiger partial charge in [0.2, 0.25) is 0 Å². The minimum Gasteiger partial charge on any atom is -0.497 e. The van der Waals surface area contributed by atoms with Gasteiger partial charge in [-0.1, -0.05) is 12.1 Å². The van der Waals surface area contributed by atoms with Gasteiger partial charge < -0.3 is 9.15 Å². The lowest BCUT2D eigenvalue weighted by Gasteiger charge is -2.02. The number of methoxy groups -OCH3 is 1. The smallest absolute Gasteiger partial charge is 0.198 e. The van der Waals surface area contributed by atoms with E-state index in [-0.39, 0.29) is 5.78 Å². The predicted molar refractivity (Wildman–Crippen MR) is 66.7 cm³/mol. The molecule has 1 aromatic carbocycles. The van der Waals surface area contributed by atoms with Crippen LogP contribution in [0.5, 0.6) is 5.75 Å². The Morgan fingerprint density at radius 2 is 2.28 bits per heavy atom. The SMILES string of the molecule is COc1cccc(Cc2ncc(CC(C)=O)o2)c1. The Labute approximate surface area is 106 Å². The Hall–Kier alpha value is -2.10. The average molecular weight is 245 g/mol. The molecule has 0 aliphatic carbocycles. The molecule has 0 unspecified atom stereocenters. The molecule has 2 rings (SSSR count). The summed E-state index contributed by atoms with van der Waals surface area (Å²) in [5.74, 6) is 2.10. The lowest BCUT2D eigenvalue weighted by Crippen LogP contribution is -1.93. The molecule has 0 bridgehead atoms. The molecule has 0 saturated heterocycles. The van der Waals surface area contributed by atoms with Crippen molar-refractivity contribution in [3.63, 3.8) is 0 Å². The van der Waals surface area contributed by atoms with Crippen molar-refractivity contribution in [2.45, 2.75) is 19.8 Å². The number of ether oxygens (including phenoxy) is 1. The number of ketones is 1. The number of Topliss-reactive ketones (excluding diaryl/α,β-unsaturated/α-hetero) is 1. The van der Waals surface area contributed by atoms with Crippen LogP contribution in [0, 0.1) is 0 Å². The molecule has 0 amide bonds. The zero-order chi connectivity index (χ0) is 13.0. The van der Waals surface area contributed by atoms with Crippen molar-refractivity contribution in [2.75, 3.05) is 7.11 Å². The average Bonchev–Trinajstić information content (AvgIpc) is 2.76. The molecule has 2 aromatic rings. The topological polar surface area (TPSA) is 52.3 Å². The lowest BCUT2D eigenvalue weighted by molar-refractivity contribution is -0.116. The quantitative estimate of drug-likeness (QED) is 0.811. The van der Waals surface area contributed by atoms with Crippen LogP contribution in [0.25, 0.3) is 0 Å². The summed E-state index contributed by atoms with van der Waals surface area (Å²) in [5, 5.41) is 0. The van der Waals surface area contributed by atoms with E-state index < -0.39 is 0 Å². The second kappa shape index (κ2) is 5.49. The standard InChI is InChI=1S/C14H15NO3/c1-10(16)6-13-9-15-14(18-13)8-11-4-3-5-12(7-11)17-2/h3-5,7,9H,6,8H2,1-2H3. The van der Waals surface area contributed by atoms with Crippen LogP contribution in [-0.4, -0.2) is 17.9 Å². The van der Waals surface area contributed by atoms with Gasteiger partial charge >= 0.3 is 0 Å². The minimum atomic E-state index is 0.0686. The largest absolute Gasteiger partial charge is 0.497 e. The molecule has 0 aliphatic rings. The van der Waals surface area contributed by atoms with Crippen LogP contribution in [0.1, 0.15) is 24.1 Å². The first-order valence-corrected chi connectivity index (χ1v) is 5.73. The van der Waals surface area contributed by atoms with Gasteiger partial charge in [-0.3, -0.25) is 4.79 Å². The van der Waals surface area contributed by atoms with E-state index in [1.165, 1.54) is 6.92 Å². The van der Waals surface area contributed by atoms with Crippen LogP contribution in [0.2, 0.25) is 0 Å². The van der Waals surface area contributed by atoms with Gasteiger partial charge in [-0.05, 0) is 24.6 Å². The maximum absolute atomic E-state index is 11.0. The summed E-state index contributed by atoms with van der Waals surface area (Å²) in [4.78, 5) is 15.1. The molecule has 1 aromatic heterocycles. The molecule has 4 nitrogen and oxygen atoms in total. The first-order valence-electron chi connectivity index (χ1n) is 5.73. The zero-order valence-electron chi connectivity index (χ0n) is 10.5. The number of benzene rings is 1. The van der Waals surface area contributed by atoms with Crippen molar-refractivity contribution in [3.8, 4) is 5.75 Å². The number of rotatable bonds is 5. The summed E-state index contributed by atoms with van der Waals surface area (Å²) >= 11 is 0. The second-order valence-corrected chi connectivity index (χ2v) is 4.13. The van der Waals surface area contributed by atoms with E-state index in [1.54, 1.807) is 13.3 Å². The molecule has 0 aliphatic heterocycles. The summed E-state index contributed by atoms with van der Waals surface area (Å²) in [5.41, 5.74) is 1.06. The number of carbonyl (C=O) groups excluding carboxylic acids is 1. The molecule has 1 heterocycles. The number of aromatic nitrogens is 1. The van der Waals surface area contributed by atoms with Crippen LogP contribution in [0.3, 0.4) is 0 Å². The number of hydrogen-bond donors (Lipinski definition) is 0. The minimum absolute atomic E-state index is 0.0686. The fourth-order valence-electron chi connectivity index (χ4n) is 1.71. The first-order chi connectivity index (χ1) is 8.67. The molecule has 0 atom stereocenters. The summed E-state index contributed by atoms with van der Waals surface area (Å²) in [6, 6.07) is 7.74. The number of oxazole rings is 1. The fraction of sp³-hybridized carbons (Fsp3) is 0.286. The van der Waals surface area contributed by atoms with E-state index in [0.717, 1.165) is 11.3 Å². The molecule has 18 heavy (non-hydrogen) atoms. The Morgan fingerprint density at radius 3 is 3.00 bits per heavy atom. The summed E-state index contributed by atoms with van der Waals surface area (Å²) < 4.78 is 10.7. The fourth-order valence-corrected chi connectivity index (χ4v) is 1.71. The van der Waals surface area contributed by atoms with Crippen LogP contribution in [-0.2, 0) is 17.6 Å². The first kappa shape index (κ1) is 12.4. The molecular weight excluding hydrogens is 230 g/mol. The Morgan fingerprint density at radius 1 is 1.44 bits per heavy atom. The third-order valence-corrected chi connectivity index (χ3v) is 2.51. The van der Waals surface area contributed by atoms with Gasteiger partial charge in [0.25, 0.3) is 0 Å². The van der Waals surface area contributed by atoms with E-state index in [9.17, 15) is 4.79 Å². The number of carbonyl (C=O) groups is 1.